The van der Waals surface area contributed by atoms with Crippen molar-refractivity contribution in [3.05, 3.63) is 17.5 Å². The minimum atomic E-state index is -0.828. The van der Waals surface area contributed by atoms with Crippen LogP contribution >= 0.6 is 0 Å². The number of carbonyl (C=O) groups is 1. The third-order valence-corrected chi connectivity index (χ3v) is 3.01. The number of carboxylic acids is 1. The number of aryl methyl sites for hydroxylation is 2. The summed E-state index contributed by atoms with van der Waals surface area (Å²) < 4.78 is 6.95. The lowest BCUT2D eigenvalue weighted by Gasteiger charge is -2.32. The summed E-state index contributed by atoms with van der Waals surface area (Å²) in [5.74, 6) is -0.828. The highest BCUT2D eigenvalue weighted by Gasteiger charge is 2.29. The van der Waals surface area contributed by atoms with Crippen LogP contribution in [0.4, 0.5) is 0 Å². The monoisotopic (exact) mass is 239 g/mol. The Morgan fingerprint density at radius 3 is 3.06 bits per heavy atom. The number of hydrogen-bond donors (Lipinski definition) is 1. The molecule has 94 valence electrons. The number of ether oxygens (including phenoxy) is 1. The van der Waals surface area contributed by atoms with E-state index in [4.69, 9.17) is 9.84 Å². The third-order valence-electron chi connectivity index (χ3n) is 3.01. The SMILES string of the molecule is Cc1nn(C)cc1CN1CCOCC1C(=O)O. The Balaban J connectivity index is 2.10. The molecular formula is C11H17N3O3. The van der Waals surface area contributed by atoms with E-state index < -0.39 is 12.0 Å². The molecule has 1 unspecified atom stereocenters. The molecule has 0 spiro atoms. The lowest BCUT2D eigenvalue weighted by molar-refractivity contribution is -0.150. The Hall–Kier alpha value is -1.40. The van der Waals surface area contributed by atoms with Crippen LogP contribution in [0.2, 0.25) is 0 Å². The largest absolute Gasteiger partial charge is 0.480 e. The Morgan fingerprint density at radius 1 is 1.71 bits per heavy atom. The van der Waals surface area contributed by atoms with E-state index in [0.29, 0.717) is 19.7 Å². The van der Waals surface area contributed by atoms with Crippen molar-refractivity contribution in [3.63, 3.8) is 0 Å². The van der Waals surface area contributed by atoms with Gasteiger partial charge in [0.1, 0.15) is 6.04 Å². The standard InChI is InChI=1S/C11H17N3O3/c1-8-9(5-13(2)12-8)6-14-3-4-17-7-10(14)11(15)16/h5,10H,3-4,6-7H2,1-2H3,(H,15,16). The first-order valence-electron chi connectivity index (χ1n) is 5.61. The van der Waals surface area contributed by atoms with Crippen molar-refractivity contribution in [2.24, 2.45) is 7.05 Å². The maximum Gasteiger partial charge on any atom is 0.323 e. The van der Waals surface area contributed by atoms with Gasteiger partial charge in [-0.25, -0.2) is 0 Å². The van der Waals surface area contributed by atoms with Gasteiger partial charge in [-0.15, -0.1) is 0 Å². The van der Waals surface area contributed by atoms with Gasteiger partial charge in [0.25, 0.3) is 0 Å². The predicted molar refractivity (Wildman–Crippen MR) is 60.6 cm³/mol. The maximum atomic E-state index is 11.1. The number of carboxylic acid groups (broad SMARTS) is 1. The minimum Gasteiger partial charge on any atom is -0.480 e. The average molecular weight is 239 g/mol. The number of hydrogen-bond acceptors (Lipinski definition) is 4. The molecule has 1 saturated heterocycles. The summed E-state index contributed by atoms with van der Waals surface area (Å²) in [5, 5.41) is 13.4. The second-order valence-electron chi connectivity index (χ2n) is 4.31. The van der Waals surface area contributed by atoms with E-state index in [9.17, 15) is 4.79 Å². The van der Waals surface area contributed by atoms with Crippen molar-refractivity contribution in [2.75, 3.05) is 19.8 Å². The normalized spacial score (nSPS) is 21.6. The van der Waals surface area contributed by atoms with Gasteiger partial charge in [0, 0.05) is 31.9 Å². The molecule has 1 N–H and O–H groups in total. The van der Waals surface area contributed by atoms with Crippen molar-refractivity contribution in [1.29, 1.82) is 0 Å². The second kappa shape index (κ2) is 4.85. The molecule has 0 aliphatic carbocycles. The average Bonchev–Trinajstić information content (AvgIpc) is 2.58. The first-order chi connectivity index (χ1) is 8.08. The van der Waals surface area contributed by atoms with Gasteiger partial charge in [-0.05, 0) is 6.92 Å². The van der Waals surface area contributed by atoms with Crippen molar-refractivity contribution in [2.45, 2.75) is 19.5 Å². The quantitative estimate of drug-likeness (QED) is 0.805. The molecule has 1 aliphatic rings. The van der Waals surface area contributed by atoms with Crippen LogP contribution in [0.15, 0.2) is 6.20 Å². The molecule has 6 heteroatoms. The van der Waals surface area contributed by atoms with Crippen molar-refractivity contribution in [1.82, 2.24) is 14.7 Å². The minimum absolute atomic E-state index is 0.259. The van der Waals surface area contributed by atoms with Gasteiger partial charge in [-0.3, -0.25) is 14.4 Å². The number of morpholine rings is 1. The van der Waals surface area contributed by atoms with E-state index in [-0.39, 0.29) is 6.61 Å². The fourth-order valence-electron chi connectivity index (χ4n) is 2.08. The van der Waals surface area contributed by atoms with Gasteiger partial charge in [0.2, 0.25) is 0 Å². The molecule has 2 heterocycles. The maximum absolute atomic E-state index is 11.1. The lowest BCUT2D eigenvalue weighted by atomic mass is 10.2. The van der Waals surface area contributed by atoms with Crippen LogP contribution in [-0.4, -0.2) is 51.6 Å². The molecule has 0 radical (unpaired) electrons. The van der Waals surface area contributed by atoms with E-state index in [0.717, 1.165) is 11.3 Å². The zero-order chi connectivity index (χ0) is 12.4. The zero-order valence-electron chi connectivity index (χ0n) is 10.1. The van der Waals surface area contributed by atoms with E-state index in [1.165, 1.54) is 0 Å². The van der Waals surface area contributed by atoms with Gasteiger partial charge in [0.05, 0.1) is 18.9 Å². The Morgan fingerprint density at radius 2 is 2.47 bits per heavy atom. The Bertz CT molecular complexity index is 416. The van der Waals surface area contributed by atoms with Crippen molar-refractivity contribution in [3.8, 4) is 0 Å². The molecule has 1 aliphatic heterocycles. The molecule has 0 amide bonds. The molecule has 1 fully saturated rings. The van der Waals surface area contributed by atoms with Crippen molar-refractivity contribution >= 4 is 5.97 Å². The summed E-state index contributed by atoms with van der Waals surface area (Å²) in [7, 11) is 1.87. The summed E-state index contributed by atoms with van der Waals surface area (Å²) in [6, 6.07) is -0.552. The molecule has 2 rings (SSSR count). The van der Waals surface area contributed by atoms with Gasteiger partial charge in [0.15, 0.2) is 0 Å². The highest BCUT2D eigenvalue weighted by Crippen LogP contribution is 2.14. The molecule has 0 aromatic carbocycles. The van der Waals surface area contributed by atoms with Crippen LogP contribution < -0.4 is 0 Å². The smallest absolute Gasteiger partial charge is 0.323 e. The Labute approximate surface area is 99.8 Å². The fraction of sp³-hybridized carbons (Fsp3) is 0.636. The van der Waals surface area contributed by atoms with Crippen LogP contribution in [0.5, 0.6) is 0 Å². The topological polar surface area (TPSA) is 67.6 Å². The van der Waals surface area contributed by atoms with Crippen LogP contribution in [0.1, 0.15) is 11.3 Å². The van der Waals surface area contributed by atoms with Crippen LogP contribution in [0.25, 0.3) is 0 Å². The summed E-state index contributed by atoms with van der Waals surface area (Å²) in [5.41, 5.74) is 2.02. The van der Waals surface area contributed by atoms with Crippen molar-refractivity contribution < 1.29 is 14.6 Å². The summed E-state index contributed by atoms with van der Waals surface area (Å²) in [6.45, 7) is 4.04. The molecule has 1 aromatic rings. The van der Waals surface area contributed by atoms with E-state index in [1.54, 1.807) is 4.68 Å². The fourth-order valence-corrected chi connectivity index (χ4v) is 2.08. The molecule has 17 heavy (non-hydrogen) atoms. The van der Waals surface area contributed by atoms with E-state index >= 15 is 0 Å². The number of rotatable bonds is 3. The molecule has 0 saturated carbocycles. The second-order valence-corrected chi connectivity index (χ2v) is 4.31. The van der Waals surface area contributed by atoms with Gasteiger partial charge >= 0.3 is 5.97 Å². The summed E-state index contributed by atoms with van der Waals surface area (Å²) in [4.78, 5) is 13.0. The number of nitrogens with zero attached hydrogens (tertiary/aromatic N) is 3. The van der Waals surface area contributed by atoms with Gasteiger partial charge < -0.3 is 9.84 Å². The zero-order valence-corrected chi connectivity index (χ0v) is 10.1. The van der Waals surface area contributed by atoms with Crippen LogP contribution in [0, 0.1) is 6.92 Å². The van der Waals surface area contributed by atoms with Crippen LogP contribution in [0.3, 0.4) is 0 Å². The first kappa shape index (κ1) is 12.1. The molecule has 1 atom stereocenters. The third kappa shape index (κ3) is 2.65. The lowest BCUT2D eigenvalue weighted by Crippen LogP contribution is -2.49. The summed E-state index contributed by atoms with van der Waals surface area (Å²) in [6.07, 6.45) is 1.93. The highest BCUT2D eigenvalue weighted by molar-refractivity contribution is 5.73. The molecule has 6 nitrogen and oxygen atoms in total. The van der Waals surface area contributed by atoms with E-state index in [2.05, 4.69) is 5.10 Å². The number of aromatic nitrogens is 2. The van der Waals surface area contributed by atoms with Crippen LogP contribution in [-0.2, 0) is 23.1 Å². The highest BCUT2D eigenvalue weighted by atomic mass is 16.5. The predicted octanol–water partition coefficient (Wildman–Crippen LogP) is 0.0139. The molecule has 0 bridgehead atoms. The van der Waals surface area contributed by atoms with Gasteiger partial charge in [-0.1, -0.05) is 0 Å². The van der Waals surface area contributed by atoms with Gasteiger partial charge in [-0.2, -0.15) is 5.10 Å². The Kier molecular flexibility index (Phi) is 3.44. The number of aliphatic carboxylic acids is 1. The molecule has 1 aromatic heterocycles. The molecular weight excluding hydrogens is 222 g/mol. The summed E-state index contributed by atoms with van der Waals surface area (Å²) >= 11 is 0. The first-order valence-corrected chi connectivity index (χ1v) is 5.61. The van der Waals surface area contributed by atoms with E-state index in [1.807, 2.05) is 25.1 Å².